The summed E-state index contributed by atoms with van der Waals surface area (Å²) in [4.78, 5) is 6.79. The first-order chi connectivity index (χ1) is 10.6. The number of hydrogen-bond acceptors (Lipinski definition) is 2. The van der Waals surface area contributed by atoms with Crippen LogP contribution in [0, 0.1) is 5.92 Å². The maximum absolute atomic E-state index is 11.6. The van der Waals surface area contributed by atoms with Gasteiger partial charge in [0.25, 0.3) is 0 Å². The van der Waals surface area contributed by atoms with Crippen LogP contribution in [0.2, 0.25) is 0 Å². The van der Waals surface area contributed by atoms with Gasteiger partial charge in [-0.05, 0) is 51.2 Å². The minimum absolute atomic E-state index is 0.0856. The van der Waals surface area contributed by atoms with Crippen molar-refractivity contribution in [3.05, 3.63) is 47.9 Å². The number of aromatic nitrogens is 1. The lowest BCUT2D eigenvalue weighted by Crippen LogP contribution is -2.20. The number of anilines is 1. The lowest BCUT2D eigenvalue weighted by molar-refractivity contribution is 0.635. The average Bonchev–Trinajstić information content (AvgIpc) is 2.99. The van der Waals surface area contributed by atoms with Crippen molar-refractivity contribution in [1.82, 2.24) is 4.98 Å². The van der Waals surface area contributed by atoms with Gasteiger partial charge in [0.1, 0.15) is 5.82 Å². The Morgan fingerprint density at radius 2 is 2.00 bits per heavy atom. The molecule has 0 spiro atoms. The molecule has 1 aromatic heterocycles. The zero-order chi connectivity index (χ0) is 16.4. The molecule has 0 aromatic carbocycles. The molecule has 1 saturated heterocycles. The molecule has 0 amide bonds. The van der Waals surface area contributed by atoms with E-state index in [1.807, 2.05) is 19.2 Å². The molecule has 0 aliphatic carbocycles. The molecule has 2 heterocycles. The quantitative estimate of drug-likeness (QED) is 0.679. The molecular formula is C19H29FN2. The standard InChI is InChI=1S/C14H20N2.C5H9F/c1-3-6-12(2)13-8-10-16(11-13)14-7-4-5-9-15-14;1-3-4-5(2)6/h4-7,9,13H,3,8,10-11H2,1-2H3;4H,3H2,1-2H3/b12-6+;5-4+. The molecule has 0 bridgehead atoms. The first kappa shape index (κ1) is 18.4. The summed E-state index contributed by atoms with van der Waals surface area (Å²) in [6.45, 7) is 10.1. The van der Waals surface area contributed by atoms with Crippen LogP contribution in [0.15, 0.2) is 47.9 Å². The van der Waals surface area contributed by atoms with Crippen LogP contribution in [-0.4, -0.2) is 18.1 Å². The van der Waals surface area contributed by atoms with Gasteiger partial charge in [-0.15, -0.1) is 0 Å². The second-order valence-electron chi connectivity index (χ2n) is 5.68. The van der Waals surface area contributed by atoms with E-state index in [-0.39, 0.29) is 5.83 Å². The Hall–Kier alpha value is -1.64. The number of halogens is 1. The monoisotopic (exact) mass is 304 g/mol. The zero-order valence-corrected chi connectivity index (χ0v) is 14.3. The fourth-order valence-electron chi connectivity index (χ4n) is 2.65. The molecule has 3 heteroatoms. The molecule has 122 valence electrons. The number of pyridine rings is 1. The van der Waals surface area contributed by atoms with Gasteiger partial charge in [-0.25, -0.2) is 9.37 Å². The molecular weight excluding hydrogens is 275 g/mol. The fourth-order valence-corrected chi connectivity index (χ4v) is 2.65. The highest BCUT2D eigenvalue weighted by atomic mass is 19.1. The second kappa shape index (κ2) is 10.1. The number of rotatable bonds is 4. The van der Waals surface area contributed by atoms with Crippen LogP contribution in [0.4, 0.5) is 10.2 Å². The Bertz CT molecular complexity index is 475. The zero-order valence-electron chi connectivity index (χ0n) is 14.3. The molecule has 1 aliphatic heterocycles. The summed E-state index contributed by atoms with van der Waals surface area (Å²) < 4.78 is 11.6. The normalized spacial score (nSPS) is 19.0. The van der Waals surface area contributed by atoms with E-state index in [1.165, 1.54) is 13.3 Å². The van der Waals surface area contributed by atoms with Crippen molar-refractivity contribution in [2.75, 3.05) is 18.0 Å². The fraction of sp³-hybridized carbons (Fsp3) is 0.526. The molecule has 2 rings (SSSR count). The van der Waals surface area contributed by atoms with Gasteiger partial charge < -0.3 is 4.90 Å². The van der Waals surface area contributed by atoms with Gasteiger partial charge in [0, 0.05) is 19.3 Å². The molecule has 2 nitrogen and oxygen atoms in total. The highest BCUT2D eigenvalue weighted by Crippen LogP contribution is 2.26. The second-order valence-corrected chi connectivity index (χ2v) is 5.68. The SMILES string of the molecule is CC/C=C(\C)C1CCN(c2ccccn2)C1.CC/C=C(\C)F. The summed E-state index contributed by atoms with van der Waals surface area (Å²) in [5.41, 5.74) is 1.54. The summed E-state index contributed by atoms with van der Waals surface area (Å²) >= 11 is 0. The van der Waals surface area contributed by atoms with E-state index in [1.54, 1.807) is 11.6 Å². The highest BCUT2D eigenvalue weighted by molar-refractivity contribution is 5.39. The summed E-state index contributed by atoms with van der Waals surface area (Å²) in [6.07, 6.45) is 8.97. The minimum atomic E-state index is -0.0856. The maximum atomic E-state index is 11.6. The van der Waals surface area contributed by atoms with Crippen LogP contribution >= 0.6 is 0 Å². The minimum Gasteiger partial charge on any atom is -0.356 e. The largest absolute Gasteiger partial charge is 0.356 e. The molecule has 0 N–H and O–H groups in total. The van der Waals surface area contributed by atoms with Crippen molar-refractivity contribution in [1.29, 1.82) is 0 Å². The van der Waals surface area contributed by atoms with Crippen LogP contribution in [0.3, 0.4) is 0 Å². The Morgan fingerprint density at radius 1 is 1.27 bits per heavy atom. The molecule has 0 radical (unpaired) electrons. The lowest BCUT2D eigenvalue weighted by Gasteiger charge is -2.17. The molecule has 1 fully saturated rings. The average molecular weight is 304 g/mol. The van der Waals surface area contributed by atoms with E-state index < -0.39 is 0 Å². The van der Waals surface area contributed by atoms with Gasteiger partial charge in [-0.2, -0.15) is 0 Å². The smallest absolute Gasteiger partial charge is 0.128 e. The predicted molar refractivity (Wildman–Crippen MR) is 93.8 cm³/mol. The van der Waals surface area contributed by atoms with Crippen molar-refractivity contribution in [3.8, 4) is 0 Å². The molecule has 1 atom stereocenters. The molecule has 22 heavy (non-hydrogen) atoms. The van der Waals surface area contributed by atoms with Gasteiger partial charge in [-0.3, -0.25) is 0 Å². The Balaban J connectivity index is 0.000000346. The van der Waals surface area contributed by atoms with Crippen molar-refractivity contribution < 1.29 is 4.39 Å². The van der Waals surface area contributed by atoms with Gasteiger partial charge in [0.15, 0.2) is 0 Å². The van der Waals surface area contributed by atoms with Crippen LogP contribution in [0.5, 0.6) is 0 Å². The van der Waals surface area contributed by atoms with Crippen LogP contribution in [0.25, 0.3) is 0 Å². The predicted octanol–water partition coefficient (Wildman–Crippen LogP) is 5.53. The van der Waals surface area contributed by atoms with Crippen LogP contribution < -0.4 is 4.90 Å². The Labute approximate surface area is 134 Å². The van der Waals surface area contributed by atoms with Crippen molar-refractivity contribution in [2.45, 2.75) is 47.0 Å². The Kier molecular flexibility index (Phi) is 8.49. The first-order valence-electron chi connectivity index (χ1n) is 8.23. The third-order valence-corrected chi connectivity index (χ3v) is 3.82. The van der Waals surface area contributed by atoms with E-state index in [2.05, 4.69) is 41.9 Å². The number of allylic oxidation sites excluding steroid dienone is 3. The highest BCUT2D eigenvalue weighted by Gasteiger charge is 2.23. The maximum Gasteiger partial charge on any atom is 0.128 e. The first-order valence-corrected chi connectivity index (χ1v) is 8.23. The summed E-state index contributed by atoms with van der Waals surface area (Å²) in [6, 6.07) is 6.13. The van der Waals surface area contributed by atoms with Gasteiger partial charge >= 0.3 is 0 Å². The molecule has 1 aliphatic rings. The van der Waals surface area contributed by atoms with Gasteiger partial charge in [0.05, 0.1) is 5.83 Å². The number of hydrogen-bond donors (Lipinski definition) is 0. The topological polar surface area (TPSA) is 16.1 Å². The van der Waals surface area contributed by atoms with E-state index in [4.69, 9.17) is 0 Å². The lowest BCUT2D eigenvalue weighted by atomic mass is 9.99. The molecule has 1 aromatic rings. The third-order valence-electron chi connectivity index (χ3n) is 3.82. The van der Waals surface area contributed by atoms with E-state index >= 15 is 0 Å². The van der Waals surface area contributed by atoms with E-state index in [9.17, 15) is 4.39 Å². The third kappa shape index (κ3) is 6.42. The van der Waals surface area contributed by atoms with Crippen LogP contribution in [0.1, 0.15) is 47.0 Å². The summed E-state index contributed by atoms with van der Waals surface area (Å²) in [5.74, 6) is 1.76. The van der Waals surface area contributed by atoms with E-state index in [0.29, 0.717) is 0 Å². The molecule has 1 unspecified atom stereocenters. The Morgan fingerprint density at radius 3 is 2.50 bits per heavy atom. The van der Waals surface area contributed by atoms with E-state index in [0.717, 1.165) is 37.7 Å². The molecule has 0 saturated carbocycles. The van der Waals surface area contributed by atoms with Gasteiger partial charge in [-0.1, -0.05) is 37.6 Å². The summed E-state index contributed by atoms with van der Waals surface area (Å²) in [7, 11) is 0. The van der Waals surface area contributed by atoms with Gasteiger partial charge in [0.2, 0.25) is 0 Å². The van der Waals surface area contributed by atoms with Crippen molar-refractivity contribution in [2.24, 2.45) is 5.92 Å². The number of nitrogens with zero attached hydrogens (tertiary/aromatic N) is 2. The summed E-state index contributed by atoms with van der Waals surface area (Å²) in [5, 5.41) is 0. The van der Waals surface area contributed by atoms with Crippen molar-refractivity contribution in [3.63, 3.8) is 0 Å². The van der Waals surface area contributed by atoms with Crippen LogP contribution in [-0.2, 0) is 0 Å². The van der Waals surface area contributed by atoms with Crippen molar-refractivity contribution >= 4 is 5.82 Å².